The van der Waals surface area contributed by atoms with Crippen LogP contribution in [0.15, 0.2) is 43.0 Å². The quantitative estimate of drug-likeness (QED) is 0.869. The molecule has 3 rings (SSSR count). The Bertz CT molecular complexity index is 534. The molecule has 0 amide bonds. The second kappa shape index (κ2) is 5.95. The molecule has 106 valence electrons. The summed E-state index contributed by atoms with van der Waals surface area (Å²) in [6.45, 7) is 2.08. The molecule has 0 unspecified atom stereocenters. The zero-order chi connectivity index (χ0) is 13.8. The summed E-state index contributed by atoms with van der Waals surface area (Å²) in [4.78, 5) is 4.07. The summed E-state index contributed by atoms with van der Waals surface area (Å²) in [5, 5.41) is 0.739. The molecule has 0 N–H and O–H groups in total. The lowest BCUT2D eigenvalue weighted by atomic mass is 10.0. The van der Waals surface area contributed by atoms with E-state index in [1.54, 1.807) is 12.5 Å². The van der Waals surface area contributed by atoms with E-state index in [0.29, 0.717) is 13.0 Å². The summed E-state index contributed by atoms with van der Waals surface area (Å²) in [6.07, 6.45) is 7.10. The van der Waals surface area contributed by atoms with Crippen LogP contribution >= 0.6 is 11.6 Å². The molecule has 1 aliphatic heterocycles. The fourth-order valence-electron chi connectivity index (χ4n) is 2.44. The van der Waals surface area contributed by atoms with Crippen LogP contribution < -0.4 is 0 Å². The highest BCUT2D eigenvalue weighted by Crippen LogP contribution is 2.26. The fourth-order valence-corrected chi connectivity index (χ4v) is 2.56. The van der Waals surface area contributed by atoms with E-state index >= 15 is 0 Å². The van der Waals surface area contributed by atoms with E-state index in [9.17, 15) is 0 Å². The zero-order valence-electron chi connectivity index (χ0n) is 11.2. The molecule has 0 saturated carbocycles. The third-order valence-corrected chi connectivity index (χ3v) is 3.64. The summed E-state index contributed by atoms with van der Waals surface area (Å²) < 4.78 is 13.9. The standard InChI is InChI=1S/C15H17ClN2O2/c16-14-4-2-13(3-5-14)10-15(19-8-1-9-20-15)11-18-7-6-17-12-18/h2-7,12H,1,8-11H2. The summed E-state index contributed by atoms with van der Waals surface area (Å²) in [7, 11) is 0. The van der Waals surface area contributed by atoms with Gasteiger partial charge in [-0.1, -0.05) is 23.7 Å². The monoisotopic (exact) mass is 292 g/mol. The molecular weight excluding hydrogens is 276 g/mol. The first-order valence-corrected chi connectivity index (χ1v) is 7.12. The van der Waals surface area contributed by atoms with Crippen LogP contribution in [0.2, 0.25) is 5.02 Å². The molecule has 0 spiro atoms. The molecule has 20 heavy (non-hydrogen) atoms. The first-order valence-electron chi connectivity index (χ1n) is 6.74. The lowest BCUT2D eigenvalue weighted by molar-refractivity contribution is -0.272. The highest BCUT2D eigenvalue weighted by atomic mass is 35.5. The Morgan fingerprint density at radius 2 is 1.95 bits per heavy atom. The van der Waals surface area contributed by atoms with Crippen molar-refractivity contribution in [2.75, 3.05) is 13.2 Å². The second-order valence-corrected chi connectivity index (χ2v) is 5.44. The molecule has 0 atom stereocenters. The summed E-state index contributed by atoms with van der Waals surface area (Å²) in [5.74, 6) is -0.618. The first-order chi connectivity index (χ1) is 9.76. The van der Waals surface area contributed by atoms with Crippen molar-refractivity contribution in [2.45, 2.75) is 25.2 Å². The maximum absolute atomic E-state index is 5.97. The molecule has 1 aromatic carbocycles. The van der Waals surface area contributed by atoms with Crippen molar-refractivity contribution in [1.29, 1.82) is 0 Å². The van der Waals surface area contributed by atoms with E-state index in [1.165, 1.54) is 0 Å². The average Bonchev–Trinajstić information content (AvgIpc) is 2.95. The number of nitrogens with zero attached hydrogens (tertiary/aromatic N) is 2. The van der Waals surface area contributed by atoms with Crippen molar-refractivity contribution >= 4 is 11.6 Å². The molecule has 1 aliphatic rings. The topological polar surface area (TPSA) is 36.3 Å². The van der Waals surface area contributed by atoms with Crippen molar-refractivity contribution in [1.82, 2.24) is 9.55 Å². The van der Waals surface area contributed by atoms with Crippen molar-refractivity contribution < 1.29 is 9.47 Å². The molecule has 0 aliphatic carbocycles. The Morgan fingerprint density at radius 1 is 1.20 bits per heavy atom. The summed E-state index contributed by atoms with van der Waals surface area (Å²) in [5.41, 5.74) is 1.15. The molecule has 4 nitrogen and oxygen atoms in total. The number of hydrogen-bond donors (Lipinski definition) is 0. The Hall–Kier alpha value is -1.36. The van der Waals surface area contributed by atoms with Gasteiger partial charge in [0.15, 0.2) is 5.79 Å². The minimum Gasteiger partial charge on any atom is -0.348 e. The van der Waals surface area contributed by atoms with Gasteiger partial charge in [-0.25, -0.2) is 4.98 Å². The number of hydrogen-bond acceptors (Lipinski definition) is 3. The molecule has 1 aromatic heterocycles. The fraction of sp³-hybridized carbons (Fsp3) is 0.400. The van der Waals surface area contributed by atoms with Crippen LogP contribution in [0, 0.1) is 0 Å². The SMILES string of the molecule is Clc1ccc(CC2(Cn3ccnc3)OCCCO2)cc1. The number of rotatable bonds is 4. The van der Waals surface area contributed by atoms with E-state index in [2.05, 4.69) is 4.98 Å². The molecule has 0 bridgehead atoms. The van der Waals surface area contributed by atoms with Gasteiger partial charge in [0.05, 0.1) is 26.1 Å². The van der Waals surface area contributed by atoms with Crippen LogP contribution in [0.5, 0.6) is 0 Å². The van der Waals surface area contributed by atoms with E-state index in [1.807, 2.05) is 35.0 Å². The molecule has 0 radical (unpaired) electrons. The van der Waals surface area contributed by atoms with Crippen molar-refractivity contribution in [3.63, 3.8) is 0 Å². The minimum atomic E-state index is -0.618. The highest BCUT2D eigenvalue weighted by Gasteiger charge is 2.35. The van der Waals surface area contributed by atoms with Gasteiger partial charge in [-0.2, -0.15) is 0 Å². The van der Waals surface area contributed by atoms with Crippen LogP contribution in [0.4, 0.5) is 0 Å². The Balaban J connectivity index is 1.79. The number of ether oxygens (including phenoxy) is 2. The highest BCUT2D eigenvalue weighted by molar-refractivity contribution is 6.30. The normalized spacial score (nSPS) is 18.1. The van der Waals surface area contributed by atoms with Gasteiger partial charge >= 0.3 is 0 Å². The van der Waals surface area contributed by atoms with Gasteiger partial charge in [-0.15, -0.1) is 0 Å². The van der Waals surface area contributed by atoms with E-state index in [4.69, 9.17) is 21.1 Å². The average molecular weight is 293 g/mol. The maximum atomic E-state index is 5.97. The number of aromatic nitrogens is 2. The summed E-state index contributed by atoms with van der Waals surface area (Å²) in [6, 6.07) is 7.81. The molecule has 5 heteroatoms. The van der Waals surface area contributed by atoms with Gasteiger partial charge < -0.3 is 14.0 Å². The minimum absolute atomic E-state index is 0.618. The third kappa shape index (κ3) is 3.20. The Kier molecular flexibility index (Phi) is 4.05. The molecular formula is C15H17ClN2O2. The van der Waals surface area contributed by atoms with Gasteiger partial charge in [0.2, 0.25) is 0 Å². The molecule has 2 aromatic rings. The largest absolute Gasteiger partial charge is 0.348 e. The lowest BCUT2D eigenvalue weighted by Gasteiger charge is -2.37. The van der Waals surface area contributed by atoms with Gasteiger partial charge in [-0.3, -0.25) is 0 Å². The van der Waals surface area contributed by atoms with Crippen LogP contribution in [0.25, 0.3) is 0 Å². The van der Waals surface area contributed by atoms with Crippen molar-refractivity contribution in [3.8, 4) is 0 Å². The van der Waals surface area contributed by atoms with Gasteiger partial charge in [0.1, 0.15) is 0 Å². The van der Waals surface area contributed by atoms with Crippen molar-refractivity contribution in [3.05, 3.63) is 53.6 Å². The van der Waals surface area contributed by atoms with Crippen LogP contribution in [0.3, 0.4) is 0 Å². The van der Waals surface area contributed by atoms with Gasteiger partial charge in [0.25, 0.3) is 0 Å². The lowest BCUT2D eigenvalue weighted by Crippen LogP contribution is -2.46. The van der Waals surface area contributed by atoms with Gasteiger partial charge in [0, 0.05) is 23.8 Å². The first kappa shape index (κ1) is 13.6. The number of halogens is 1. The van der Waals surface area contributed by atoms with E-state index < -0.39 is 5.79 Å². The predicted octanol–water partition coefficient (Wildman–Crippen LogP) is 2.91. The van der Waals surface area contributed by atoms with E-state index in [-0.39, 0.29) is 0 Å². The van der Waals surface area contributed by atoms with Crippen LogP contribution in [-0.4, -0.2) is 28.6 Å². The third-order valence-electron chi connectivity index (χ3n) is 3.39. The second-order valence-electron chi connectivity index (χ2n) is 5.00. The molecule has 1 saturated heterocycles. The van der Waals surface area contributed by atoms with Gasteiger partial charge in [-0.05, 0) is 24.1 Å². The smallest absolute Gasteiger partial charge is 0.190 e. The number of imidazole rings is 1. The van der Waals surface area contributed by atoms with Crippen LogP contribution in [0.1, 0.15) is 12.0 Å². The number of benzene rings is 1. The predicted molar refractivity (Wildman–Crippen MR) is 76.6 cm³/mol. The van der Waals surface area contributed by atoms with Crippen molar-refractivity contribution in [2.24, 2.45) is 0 Å². The Morgan fingerprint density at radius 3 is 2.60 bits per heavy atom. The molecule has 2 heterocycles. The Labute approximate surface area is 123 Å². The maximum Gasteiger partial charge on any atom is 0.190 e. The van der Waals surface area contributed by atoms with E-state index in [0.717, 1.165) is 30.2 Å². The zero-order valence-corrected chi connectivity index (χ0v) is 11.9. The molecule has 1 fully saturated rings. The van der Waals surface area contributed by atoms with Crippen LogP contribution in [-0.2, 0) is 22.4 Å². The summed E-state index contributed by atoms with van der Waals surface area (Å²) >= 11 is 5.93.